The molecule has 0 saturated heterocycles. The number of anilines is 1. The number of carbonyl (C=O) groups excluding carboxylic acids is 1. The maximum absolute atomic E-state index is 11.5. The highest BCUT2D eigenvalue weighted by Crippen LogP contribution is 2.29. The molecule has 0 atom stereocenters. The number of hydrogen-bond acceptors (Lipinski definition) is 4. The van der Waals surface area contributed by atoms with Gasteiger partial charge in [0.2, 0.25) is 0 Å². The lowest BCUT2D eigenvalue weighted by Crippen LogP contribution is -2.52. The molecule has 0 bridgehead atoms. The fourth-order valence-corrected chi connectivity index (χ4v) is 2.34. The van der Waals surface area contributed by atoms with Gasteiger partial charge in [0.05, 0.1) is 5.56 Å². The molecule has 2 rings (SSSR count). The fourth-order valence-electron chi connectivity index (χ4n) is 2.34. The minimum Gasteiger partial charge on any atom is -0.368 e. The van der Waals surface area contributed by atoms with Crippen LogP contribution in [0.15, 0.2) is 6.07 Å². The van der Waals surface area contributed by atoms with Gasteiger partial charge in [-0.05, 0) is 44.7 Å². The average Bonchev–Trinajstić information content (AvgIpc) is 2.22. The maximum Gasteiger partial charge on any atom is 0.252 e. The van der Waals surface area contributed by atoms with Crippen LogP contribution in [-0.2, 0) is 0 Å². The lowest BCUT2D eigenvalue weighted by molar-refractivity contribution is 0.1000. The molecule has 1 aromatic rings. The Hall–Kier alpha value is -1.62. The number of nitrogens with one attached hydrogen (secondary N) is 1. The van der Waals surface area contributed by atoms with Crippen LogP contribution in [0.5, 0.6) is 0 Å². The van der Waals surface area contributed by atoms with Gasteiger partial charge in [0, 0.05) is 17.8 Å². The molecule has 5 heteroatoms. The van der Waals surface area contributed by atoms with Crippen molar-refractivity contribution in [3.8, 4) is 0 Å². The van der Waals surface area contributed by atoms with Gasteiger partial charge in [0.25, 0.3) is 5.91 Å². The molecule has 0 radical (unpaired) electrons. The molecule has 1 saturated carbocycles. The molecular formula is C13H20N4O. The molecule has 1 aliphatic rings. The first kappa shape index (κ1) is 12.8. The van der Waals surface area contributed by atoms with Crippen LogP contribution in [0.25, 0.3) is 0 Å². The van der Waals surface area contributed by atoms with E-state index in [0.29, 0.717) is 17.9 Å². The molecule has 98 valence electrons. The second kappa shape index (κ2) is 4.57. The maximum atomic E-state index is 11.5. The number of amides is 1. The van der Waals surface area contributed by atoms with Crippen LogP contribution < -0.4 is 16.8 Å². The van der Waals surface area contributed by atoms with Crippen molar-refractivity contribution in [2.75, 3.05) is 11.9 Å². The van der Waals surface area contributed by atoms with Gasteiger partial charge in [-0.25, -0.2) is 4.98 Å². The Morgan fingerprint density at radius 1 is 1.50 bits per heavy atom. The quantitative estimate of drug-likeness (QED) is 0.743. The summed E-state index contributed by atoms with van der Waals surface area (Å²) in [7, 11) is 0. The fraction of sp³-hybridized carbons (Fsp3) is 0.538. The van der Waals surface area contributed by atoms with Gasteiger partial charge < -0.3 is 16.8 Å². The number of nitrogens with zero attached hydrogens (tertiary/aromatic N) is 1. The zero-order chi connectivity index (χ0) is 13.3. The Bertz CT molecular complexity index is 480. The van der Waals surface area contributed by atoms with E-state index in [1.807, 2.05) is 19.9 Å². The molecule has 18 heavy (non-hydrogen) atoms. The minimum atomic E-state index is -0.456. The Kier molecular flexibility index (Phi) is 3.26. The van der Waals surface area contributed by atoms with Gasteiger partial charge in [0.1, 0.15) is 5.82 Å². The zero-order valence-corrected chi connectivity index (χ0v) is 10.9. The lowest BCUT2D eigenvalue weighted by atomic mass is 9.78. The van der Waals surface area contributed by atoms with Crippen molar-refractivity contribution in [1.29, 1.82) is 0 Å². The van der Waals surface area contributed by atoms with E-state index in [1.54, 1.807) is 0 Å². The average molecular weight is 248 g/mol. The minimum absolute atomic E-state index is 0.158. The monoisotopic (exact) mass is 248 g/mol. The molecule has 0 unspecified atom stereocenters. The van der Waals surface area contributed by atoms with Crippen molar-refractivity contribution in [3.63, 3.8) is 0 Å². The highest BCUT2D eigenvalue weighted by Gasteiger charge is 2.32. The summed E-state index contributed by atoms with van der Waals surface area (Å²) in [5.41, 5.74) is 13.6. The van der Waals surface area contributed by atoms with Crippen LogP contribution in [0.1, 0.15) is 40.9 Å². The summed E-state index contributed by atoms with van der Waals surface area (Å²) >= 11 is 0. The van der Waals surface area contributed by atoms with Crippen LogP contribution in [0, 0.1) is 13.8 Å². The second-order valence-corrected chi connectivity index (χ2v) is 5.24. The Morgan fingerprint density at radius 2 is 2.17 bits per heavy atom. The topological polar surface area (TPSA) is 94.0 Å². The van der Waals surface area contributed by atoms with Crippen molar-refractivity contribution >= 4 is 11.7 Å². The van der Waals surface area contributed by atoms with Crippen LogP contribution in [-0.4, -0.2) is 23.0 Å². The molecule has 1 amide bonds. The molecule has 0 spiro atoms. The number of carbonyl (C=O) groups is 1. The normalized spacial score (nSPS) is 17.1. The summed E-state index contributed by atoms with van der Waals surface area (Å²) in [6.07, 6.45) is 3.19. The standard InChI is InChI=1S/C13H20N4O/c1-8-6-9(2)17-12(10(8)11(14)18)16-7-13(15)4-3-5-13/h6H,3-5,7,15H2,1-2H3,(H2,14,18)(H,16,17). The molecule has 1 heterocycles. The van der Waals surface area contributed by atoms with Crippen molar-refractivity contribution in [3.05, 3.63) is 22.9 Å². The third-order valence-electron chi connectivity index (χ3n) is 3.55. The highest BCUT2D eigenvalue weighted by molar-refractivity contribution is 5.99. The van der Waals surface area contributed by atoms with E-state index >= 15 is 0 Å². The Balaban J connectivity index is 2.22. The second-order valence-electron chi connectivity index (χ2n) is 5.24. The molecule has 5 nitrogen and oxygen atoms in total. The summed E-state index contributed by atoms with van der Waals surface area (Å²) < 4.78 is 0. The third kappa shape index (κ3) is 2.46. The van der Waals surface area contributed by atoms with E-state index in [0.717, 1.165) is 24.1 Å². The summed E-state index contributed by atoms with van der Waals surface area (Å²) in [5, 5.41) is 3.18. The predicted molar refractivity (Wildman–Crippen MR) is 71.5 cm³/mol. The largest absolute Gasteiger partial charge is 0.368 e. The molecule has 0 aliphatic heterocycles. The lowest BCUT2D eigenvalue weighted by Gasteiger charge is -2.38. The number of aromatic nitrogens is 1. The van der Waals surface area contributed by atoms with E-state index < -0.39 is 5.91 Å². The van der Waals surface area contributed by atoms with Crippen LogP contribution in [0.4, 0.5) is 5.82 Å². The summed E-state index contributed by atoms with van der Waals surface area (Å²) in [6, 6.07) is 1.85. The molecule has 5 N–H and O–H groups in total. The van der Waals surface area contributed by atoms with Gasteiger partial charge in [-0.2, -0.15) is 0 Å². The van der Waals surface area contributed by atoms with Crippen LogP contribution in [0.2, 0.25) is 0 Å². The van der Waals surface area contributed by atoms with Gasteiger partial charge in [-0.3, -0.25) is 4.79 Å². The van der Waals surface area contributed by atoms with Crippen LogP contribution in [0.3, 0.4) is 0 Å². The van der Waals surface area contributed by atoms with E-state index in [9.17, 15) is 4.79 Å². The number of nitrogens with two attached hydrogens (primary N) is 2. The van der Waals surface area contributed by atoms with Crippen molar-refractivity contribution in [2.45, 2.75) is 38.6 Å². The van der Waals surface area contributed by atoms with E-state index in [2.05, 4.69) is 10.3 Å². The van der Waals surface area contributed by atoms with Gasteiger partial charge in [-0.15, -0.1) is 0 Å². The number of primary amides is 1. The molecule has 1 aliphatic carbocycles. The summed E-state index contributed by atoms with van der Waals surface area (Å²) in [5.74, 6) is 0.0962. The first-order valence-corrected chi connectivity index (χ1v) is 6.22. The first-order valence-electron chi connectivity index (χ1n) is 6.22. The van der Waals surface area contributed by atoms with Crippen molar-refractivity contribution in [1.82, 2.24) is 4.98 Å². The number of pyridine rings is 1. The predicted octanol–water partition coefficient (Wildman–Crippen LogP) is 1.09. The van der Waals surface area contributed by atoms with Crippen LogP contribution >= 0.6 is 0 Å². The molecule has 1 fully saturated rings. The van der Waals surface area contributed by atoms with Crippen molar-refractivity contribution in [2.24, 2.45) is 11.5 Å². The van der Waals surface area contributed by atoms with E-state index in [1.165, 1.54) is 6.42 Å². The summed E-state index contributed by atoms with van der Waals surface area (Å²) in [4.78, 5) is 15.8. The smallest absolute Gasteiger partial charge is 0.252 e. The van der Waals surface area contributed by atoms with Gasteiger partial charge in [0.15, 0.2) is 0 Å². The van der Waals surface area contributed by atoms with E-state index in [-0.39, 0.29) is 5.54 Å². The zero-order valence-electron chi connectivity index (χ0n) is 10.9. The van der Waals surface area contributed by atoms with Gasteiger partial charge in [-0.1, -0.05) is 0 Å². The molecule has 1 aromatic heterocycles. The number of aryl methyl sites for hydroxylation is 2. The molecule has 0 aromatic carbocycles. The Labute approximate surface area is 107 Å². The highest BCUT2D eigenvalue weighted by atomic mass is 16.1. The number of hydrogen-bond donors (Lipinski definition) is 3. The van der Waals surface area contributed by atoms with E-state index in [4.69, 9.17) is 11.5 Å². The Morgan fingerprint density at radius 3 is 2.67 bits per heavy atom. The number of rotatable bonds is 4. The first-order chi connectivity index (χ1) is 8.41. The third-order valence-corrected chi connectivity index (χ3v) is 3.55. The molecular weight excluding hydrogens is 228 g/mol. The summed E-state index contributed by atoms with van der Waals surface area (Å²) in [6.45, 7) is 4.38. The van der Waals surface area contributed by atoms with Crippen molar-refractivity contribution < 1.29 is 4.79 Å². The van der Waals surface area contributed by atoms with Gasteiger partial charge >= 0.3 is 0 Å². The SMILES string of the molecule is Cc1cc(C)c(C(N)=O)c(NCC2(N)CCC2)n1.